The summed E-state index contributed by atoms with van der Waals surface area (Å²) in [4.78, 5) is 32.4. The lowest BCUT2D eigenvalue weighted by Gasteiger charge is -2.33. The molecule has 1 fully saturated rings. The van der Waals surface area contributed by atoms with Gasteiger partial charge in [-0.2, -0.15) is 0 Å². The molecule has 1 aliphatic carbocycles. The number of carboxylic acid groups (broad SMARTS) is 2. The summed E-state index contributed by atoms with van der Waals surface area (Å²) < 4.78 is 0. The zero-order valence-electron chi connectivity index (χ0n) is 9.47. The van der Waals surface area contributed by atoms with E-state index >= 15 is 0 Å². The van der Waals surface area contributed by atoms with Gasteiger partial charge in [-0.25, -0.2) is 9.59 Å². The van der Waals surface area contributed by atoms with E-state index < -0.39 is 30.4 Å². The number of amides is 2. The van der Waals surface area contributed by atoms with E-state index in [9.17, 15) is 14.4 Å². The Morgan fingerprint density at radius 3 is 2.29 bits per heavy atom. The molecule has 1 rings (SSSR count). The maximum absolute atomic E-state index is 11.4. The van der Waals surface area contributed by atoms with Crippen LogP contribution in [0.1, 0.15) is 26.2 Å². The summed E-state index contributed by atoms with van der Waals surface area (Å²) in [7, 11) is 0. The molecule has 7 heteroatoms. The Morgan fingerprint density at radius 2 is 1.88 bits per heavy atom. The van der Waals surface area contributed by atoms with Crippen LogP contribution >= 0.6 is 0 Å². The highest BCUT2D eigenvalue weighted by molar-refractivity contribution is 5.86. The number of carbonyl (C=O) groups excluding carboxylic acids is 1. The van der Waals surface area contributed by atoms with Gasteiger partial charge in [-0.3, -0.25) is 4.79 Å². The minimum absolute atomic E-state index is 0.0595. The molecule has 96 valence electrons. The van der Waals surface area contributed by atoms with Crippen molar-refractivity contribution < 1.29 is 24.6 Å². The SMILES string of the molecule is CC1CC(NC(=O)N[C@H](CC(=O)O)C(=O)O)C1. The van der Waals surface area contributed by atoms with Crippen LogP contribution in [-0.2, 0) is 9.59 Å². The van der Waals surface area contributed by atoms with Crippen LogP contribution in [0.5, 0.6) is 0 Å². The molecule has 0 bridgehead atoms. The predicted molar refractivity (Wildman–Crippen MR) is 57.5 cm³/mol. The average Bonchev–Trinajstić information content (AvgIpc) is 2.13. The number of carbonyl (C=O) groups is 3. The molecule has 0 aromatic heterocycles. The summed E-state index contributed by atoms with van der Waals surface area (Å²) in [6.07, 6.45) is 1.10. The maximum atomic E-state index is 11.4. The van der Waals surface area contributed by atoms with Gasteiger partial charge < -0.3 is 20.8 Å². The molecule has 0 saturated heterocycles. The molecule has 1 atom stereocenters. The first-order chi connectivity index (χ1) is 7.88. The Labute approximate surface area is 98.2 Å². The van der Waals surface area contributed by atoms with Crippen molar-refractivity contribution in [3.63, 3.8) is 0 Å². The van der Waals surface area contributed by atoms with Gasteiger partial charge in [0.05, 0.1) is 6.42 Å². The van der Waals surface area contributed by atoms with Crippen molar-refractivity contribution in [3.05, 3.63) is 0 Å². The van der Waals surface area contributed by atoms with Gasteiger partial charge in [-0.1, -0.05) is 6.92 Å². The van der Waals surface area contributed by atoms with Gasteiger partial charge in [-0.05, 0) is 18.8 Å². The molecular weight excluding hydrogens is 228 g/mol. The number of hydrogen-bond donors (Lipinski definition) is 4. The van der Waals surface area contributed by atoms with Gasteiger partial charge in [0.1, 0.15) is 6.04 Å². The molecule has 1 saturated carbocycles. The lowest BCUT2D eigenvalue weighted by atomic mass is 9.82. The third-order valence-corrected chi connectivity index (χ3v) is 2.69. The molecule has 0 aromatic rings. The van der Waals surface area contributed by atoms with E-state index in [1.165, 1.54) is 0 Å². The van der Waals surface area contributed by atoms with Crippen molar-refractivity contribution in [2.45, 2.75) is 38.3 Å². The molecule has 0 heterocycles. The van der Waals surface area contributed by atoms with Gasteiger partial charge in [0, 0.05) is 6.04 Å². The van der Waals surface area contributed by atoms with E-state index in [0.717, 1.165) is 12.8 Å². The Bertz CT molecular complexity index is 325. The van der Waals surface area contributed by atoms with Crippen molar-refractivity contribution >= 4 is 18.0 Å². The van der Waals surface area contributed by atoms with Gasteiger partial charge in [0.25, 0.3) is 0 Å². The molecular formula is C10H16N2O5. The van der Waals surface area contributed by atoms with Crippen LogP contribution in [0.4, 0.5) is 4.79 Å². The van der Waals surface area contributed by atoms with E-state index in [-0.39, 0.29) is 6.04 Å². The summed E-state index contributed by atoms with van der Waals surface area (Å²) in [5.41, 5.74) is 0. The summed E-state index contributed by atoms with van der Waals surface area (Å²) >= 11 is 0. The number of rotatable bonds is 5. The number of nitrogens with one attached hydrogen (secondary N) is 2. The van der Waals surface area contributed by atoms with Crippen molar-refractivity contribution in [3.8, 4) is 0 Å². The van der Waals surface area contributed by atoms with E-state index in [2.05, 4.69) is 17.6 Å². The highest BCUT2D eigenvalue weighted by Gasteiger charge is 2.28. The second-order valence-electron chi connectivity index (χ2n) is 4.38. The summed E-state index contributed by atoms with van der Waals surface area (Å²) in [5, 5.41) is 21.9. The number of hydrogen-bond acceptors (Lipinski definition) is 3. The van der Waals surface area contributed by atoms with Crippen molar-refractivity contribution in [2.24, 2.45) is 5.92 Å². The van der Waals surface area contributed by atoms with Crippen molar-refractivity contribution in [1.29, 1.82) is 0 Å². The molecule has 0 spiro atoms. The quantitative estimate of drug-likeness (QED) is 0.543. The largest absolute Gasteiger partial charge is 0.481 e. The monoisotopic (exact) mass is 244 g/mol. The fourth-order valence-electron chi connectivity index (χ4n) is 1.78. The van der Waals surface area contributed by atoms with Crippen LogP contribution in [0.15, 0.2) is 0 Å². The number of carboxylic acids is 2. The first kappa shape index (κ1) is 13.3. The van der Waals surface area contributed by atoms with Crippen LogP contribution in [0.2, 0.25) is 0 Å². The van der Waals surface area contributed by atoms with Crippen LogP contribution in [0.3, 0.4) is 0 Å². The molecule has 0 aromatic carbocycles. The molecule has 4 N–H and O–H groups in total. The first-order valence-corrected chi connectivity index (χ1v) is 5.40. The van der Waals surface area contributed by atoms with Crippen LogP contribution in [0, 0.1) is 5.92 Å². The van der Waals surface area contributed by atoms with Crippen LogP contribution in [-0.4, -0.2) is 40.3 Å². The summed E-state index contributed by atoms with van der Waals surface area (Å²) in [6.45, 7) is 2.06. The van der Waals surface area contributed by atoms with E-state index in [1.54, 1.807) is 0 Å². The predicted octanol–water partition coefficient (Wildman–Crippen LogP) is 0.0120. The number of aliphatic carboxylic acids is 2. The van der Waals surface area contributed by atoms with Gasteiger partial charge in [-0.15, -0.1) is 0 Å². The smallest absolute Gasteiger partial charge is 0.326 e. The normalized spacial score (nSPS) is 24.3. The van der Waals surface area contributed by atoms with Gasteiger partial charge >= 0.3 is 18.0 Å². The molecule has 0 radical (unpaired) electrons. The lowest BCUT2D eigenvalue weighted by molar-refractivity contribution is -0.145. The van der Waals surface area contributed by atoms with E-state index in [1.807, 2.05) is 0 Å². The second kappa shape index (κ2) is 5.51. The molecule has 0 unspecified atom stereocenters. The Kier molecular flexibility index (Phi) is 4.30. The molecule has 7 nitrogen and oxygen atoms in total. The molecule has 2 amide bonds. The van der Waals surface area contributed by atoms with Gasteiger partial charge in [0.2, 0.25) is 0 Å². The first-order valence-electron chi connectivity index (χ1n) is 5.40. The van der Waals surface area contributed by atoms with Crippen molar-refractivity contribution in [2.75, 3.05) is 0 Å². The Morgan fingerprint density at radius 1 is 1.29 bits per heavy atom. The minimum Gasteiger partial charge on any atom is -0.481 e. The fraction of sp³-hybridized carbons (Fsp3) is 0.700. The molecule has 0 aliphatic heterocycles. The zero-order valence-corrected chi connectivity index (χ0v) is 9.47. The zero-order chi connectivity index (χ0) is 13.0. The summed E-state index contributed by atoms with van der Waals surface area (Å²) in [6, 6.07) is -1.97. The highest BCUT2D eigenvalue weighted by Crippen LogP contribution is 2.25. The van der Waals surface area contributed by atoms with Crippen LogP contribution in [0.25, 0.3) is 0 Å². The van der Waals surface area contributed by atoms with Crippen LogP contribution < -0.4 is 10.6 Å². The maximum Gasteiger partial charge on any atom is 0.326 e. The average molecular weight is 244 g/mol. The lowest BCUT2D eigenvalue weighted by Crippen LogP contribution is -2.52. The summed E-state index contributed by atoms with van der Waals surface area (Å²) in [5.74, 6) is -2.06. The molecule has 1 aliphatic rings. The van der Waals surface area contributed by atoms with E-state index in [4.69, 9.17) is 10.2 Å². The topological polar surface area (TPSA) is 116 Å². The fourth-order valence-corrected chi connectivity index (χ4v) is 1.78. The standard InChI is InChI=1S/C10H16N2O5/c1-5-2-6(3-5)11-10(17)12-7(9(15)16)4-8(13)14/h5-7H,2-4H2,1H3,(H,13,14)(H,15,16)(H2,11,12,17)/t5?,6?,7-/m1/s1. The third-order valence-electron chi connectivity index (χ3n) is 2.69. The second-order valence-corrected chi connectivity index (χ2v) is 4.38. The van der Waals surface area contributed by atoms with Crippen molar-refractivity contribution in [1.82, 2.24) is 10.6 Å². The third kappa shape index (κ3) is 4.29. The highest BCUT2D eigenvalue weighted by atomic mass is 16.4. The molecule has 17 heavy (non-hydrogen) atoms. The van der Waals surface area contributed by atoms with Gasteiger partial charge in [0.15, 0.2) is 0 Å². The number of urea groups is 1. The van der Waals surface area contributed by atoms with E-state index in [0.29, 0.717) is 5.92 Å². The Balaban J connectivity index is 2.36. The minimum atomic E-state index is -1.40. The Hall–Kier alpha value is -1.79.